The second-order valence-corrected chi connectivity index (χ2v) is 4.50. The van der Waals surface area contributed by atoms with Gasteiger partial charge >= 0.3 is 5.97 Å². The summed E-state index contributed by atoms with van der Waals surface area (Å²) in [5.41, 5.74) is 1.14. The van der Waals surface area contributed by atoms with E-state index in [0.717, 1.165) is 0 Å². The topological polar surface area (TPSA) is 61.3 Å². The summed E-state index contributed by atoms with van der Waals surface area (Å²) in [6, 6.07) is 0. The number of hydrogen-bond donors (Lipinski definition) is 0. The Morgan fingerprint density at radius 2 is 1.95 bits per heavy atom. The zero-order valence-corrected chi connectivity index (χ0v) is 12.3. The first-order valence-electron chi connectivity index (χ1n) is 6.66. The lowest BCUT2D eigenvalue weighted by Gasteiger charge is -2.15. The number of carbonyl (C=O) groups is 1. The van der Waals surface area contributed by atoms with Gasteiger partial charge in [0.15, 0.2) is 5.82 Å². The average Bonchev–Trinajstić information content (AvgIpc) is 2.38. The maximum atomic E-state index is 11.8. The first-order valence-corrected chi connectivity index (χ1v) is 6.66. The van der Waals surface area contributed by atoms with Crippen molar-refractivity contribution >= 4 is 5.97 Å². The van der Waals surface area contributed by atoms with E-state index in [9.17, 15) is 4.79 Å². The molecule has 0 amide bonds. The zero-order chi connectivity index (χ0) is 14.4. The third kappa shape index (κ3) is 3.99. The smallest absolute Gasteiger partial charge is 0.341 e. The standard InChI is InChI=1S/C14H22N2O3/c1-6-18-10(5)13-15-8-11(14(17)19-7-2)12(16-13)9(3)4/h8-10H,6-7H2,1-5H3. The molecule has 1 aromatic rings. The van der Waals surface area contributed by atoms with Gasteiger partial charge in [-0.15, -0.1) is 0 Å². The Kier molecular flexibility index (Phi) is 5.89. The van der Waals surface area contributed by atoms with Crippen LogP contribution in [-0.2, 0) is 9.47 Å². The highest BCUT2D eigenvalue weighted by atomic mass is 16.5. The Hall–Kier alpha value is -1.49. The van der Waals surface area contributed by atoms with Crippen LogP contribution in [0.3, 0.4) is 0 Å². The summed E-state index contributed by atoms with van der Waals surface area (Å²) < 4.78 is 10.5. The highest BCUT2D eigenvalue weighted by molar-refractivity contribution is 5.90. The number of ether oxygens (including phenoxy) is 2. The van der Waals surface area contributed by atoms with E-state index in [2.05, 4.69) is 9.97 Å². The van der Waals surface area contributed by atoms with Crippen molar-refractivity contribution in [3.05, 3.63) is 23.3 Å². The molecule has 5 heteroatoms. The van der Waals surface area contributed by atoms with Gasteiger partial charge in [0.25, 0.3) is 0 Å². The maximum Gasteiger partial charge on any atom is 0.341 e. The van der Waals surface area contributed by atoms with Gasteiger partial charge in [-0.1, -0.05) is 13.8 Å². The summed E-state index contributed by atoms with van der Waals surface area (Å²) in [5, 5.41) is 0. The molecule has 0 aliphatic carbocycles. The molecule has 1 heterocycles. The second-order valence-electron chi connectivity index (χ2n) is 4.50. The van der Waals surface area contributed by atoms with Crippen LogP contribution in [0.2, 0.25) is 0 Å². The molecule has 0 N–H and O–H groups in total. The van der Waals surface area contributed by atoms with Crippen molar-refractivity contribution in [1.29, 1.82) is 0 Å². The third-order valence-electron chi connectivity index (χ3n) is 2.66. The molecule has 0 saturated carbocycles. The van der Waals surface area contributed by atoms with Gasteiger partial charge in [0, 0.05) is 12.8 Å². The van der Waals surface area contributed by atoms with E-state index < -0.39 is 0 Å². The number of carbonyl (C=O) groups excluding carboxylic acids is 1. The first kappa shape index (κ1) is 15.6. The molecular weight excluding hydrogens is 244 g/mol. The fourth-order valence-corrected chi connectivity index (χ4v) is 1.74. The van der Waals surface area contributed by atoms with Crippen molar-refractivity contribution in [2.75, 3.05) is 13.2 Å². The molecule has 19 heavy (non-hydrogen) atoms. The summed E-state index contributed by atoms with van der Waals surface area (Å²) in [6.07, 6.45) is 1.35. The van der Waals surface area contributed by atoms with Gasteiger partial charge in [0.1, 0.15) is 6.10 Å². The largest absolute Gasteiger partial charge is 0.462 e. The Bertz CT molecular complexity index is 433. The number of nitrogens with zero attached hydrogens (tertiary/aromatic N) is 2. The molecule has 0 radical (unpaired) electrons. The van der Waals surface area contributed by atoms with Crippen LogP contribution in [0.5, 0.6) is 0 Å². The van der Waals surface area contributed by atoms with Crippen LogP contribution in [0.25, 0.3) is 0 Å². The maximum absolute atomic E-state index is 11.8. The predicted molar refractivity (Wildman–Crippen MR) is 72.1 cm³/mol. The van der Waals surface area contributed by atoms with Crippen molar-refractivity contribution in [3.63, 3.8) is 0 Å². The molecule has 5 nitrogen and oxygen atoms in total. The van der Waals surface area contributed by atoms with Crippen LogP contribution >= 0.6 is 0 Å². The molecular formula is C14H22N2O3. The van der Waals surface area contributed by atoms with E-state index in [0.29, 0.717) is 30.3 Å². The lowest BCUT2D eigenvalue weighted by atomic mass is 10.0. The van der Waals surface area contributed by atoms with E-state index in [1.807, 2.05) is 27.7 Å². The zero-order valence-electron chi connectivity index (χ0n) is 12.3. The van der Waals surface area contributed by atoms with Crippen LogP contribution < -0.4 is 0 Å². The summed E-state index contributed by atoms with van der Waals surface area (Å²) in [4.78, 5) is 20.5. The van der Waals surface area contributed by atoms with E-state index in [1.165, 1.54) is 6.20 Å². The normalized spacial score (nSPS) is 12.5. The Morgan fingerprint density at radius 1 is 1.26 bits per heavy atom. The highest BCUT2D eigenvalue weighted by Gasteiger charge is 2.20. The molecule has 0 aliphatic rings. The van der Waals surface area contributed by atoms with Crippen molar-refractivity contribution in [2.24, 2.45) is 0 Å². The van der Waals surface area contributed by atoms with Crippen LogP contribution in [0.1, 0.15) is 68.5 Å². The van der Waals surface area contributed by atoms with Crippen LogP contribution in [0.4, 0.5) is 0 Å². The number of aromatic nitrogens is 2. The van der Waals surface area contributed by atoms with Crippen molar-refractivity contribution in [1.82, 2.24) is 9.97 Å². The van der Waals surface area contributed by atoms with Crippen molar-refractivity contribution < 1.29 is 14.3 Å². The fraction of sp³-hybridized carbons (Fsp3) is 0.643. The quantitative estimate of drug-likeness (QED) is 0.741. The first-order chi connectivity index (χ1) is 9.01. The molecule has 0 fully saturated rings. The summed E-state index contributed by atoms with van der Waals surface area (Å²) in [6.45, 7) is 10.5. The van der Waals surface area contributed by atoms with Crippen LogP contribution in [0.15, 0.2) is 6.20 Å². The second kappa shape index (κ2) is 7.19. The third-order valence-corrected chi connectivity index (χ3v) is 2.66. The molecule has 1 aromatic heterocycles. The van der Waals surface area contributed by atoms with Gasteiger partial charge in [-0.25, -0.2) is 14.8 Å². The van der Waals surface area contributed by atoms with Gasteiger partial charge < -0.3 is 9.47 Å². The monoisotopic (exact) mass is 266 g/mol. The number of esters is 1. The van der Waals surface area contributed by atoms with Crippen LogP contribution in [0, 0.1) is 0 Å². The van der Waals surface area contributed by atoms with Gasteiger partial charge in [0.05, 0.1) is 17.9 Å². The van der Waals surface area contributed by atoms with E-state index >= 15 is 0 Å². The summed E-state index contributed by atoms with van der Waals surface area (Å²) >= 11 is 0. The van der Waals surface area contributed by atoms with Crippen LogP contribution in [-0.4, -0.2) is 29.2 Å². The van der Waals surface area contributed by atoms with Gasteiger partial charge in [-0.3, -0.25) is 0 Å². The van der Waals surface area contributed by atoms with E-state index in [1.54, 1.807) is 6.92 Å². The molecule has 0 spiro atoms. The molecule has 1 atom stereocenters. The minimum Gasteiger partial charge on any atom is -0.462 e. The number of hydrogen-bond acceptors (Lipinski definition) is 5. The molecule has 0 saturated heterocycles. The lowest BCUT2D eigenvalue weighted by molar-refractivity contribution is 0.0520. The van der Waals surface area contributed by atoms with E-state index in [4.69, 9.17) is 9.47 Å². The van der Waals surface area contributed by atoms with Gasteiger partial charge in [-0.05, 0) is 26.7 Å². The summed E-state index contributed by atoms with van der Waals surface area (Å²) in [7, 11) is 0. The predicted octanol–water partition coefficient (Wildman–Crippen LogP) is 2.87. The molecule has 0 bridgehead atoms. The lowest BCUT2D eigenvalue weighted by Crippen LogP contribution is -2.15. The minimum absolute atomic E-state index is 0.120. The van der Waals surface area contributed by atoms with Gasteiger partial charge in [-0.2, -0.15) is 0 Å². The Morgan fingerprint density at radius 3 is 2.47 bits per heavy atom. The number of rotatable bonds is 6. The average molecular weight is 266 g/mol. The fourth-order valence-electron chi connectivity index (χ4n) is 1.74. The van der Waals surface area contributed by atoms with Gasteiger partial charge in [0.2, 0.25) is 0 Å². The molecule has 106 valence electrons. The molecule has 1 rings (SSSR count). The summed E-state index contributed by atoms with van der Waals surface area (Å²) in [5.74, 6) is 0.343. The Labute approximate surface area is 114 Å². The molecule has 0 aliphatic heterocycles. The van der Waals surface area contributed by atoms with Crippen molar-refractivity contribution in [3.8, 4) is 0 Å². The Balaban J connectivity index is 3.11. The SMILES string of the molecule is CCOC(=O)c1cnc(C(C)OCC)nc1C(C)C. The molecule has 1 unspecified atom stereocenters. The highest BCUT2D eigenvalue weighted by Crippen LogP contribution is 2.20. The molecule has 0 aromatic carbocycles. The van der Waals surface area contributed by atoms with Crippen molar-refractivity contribution in [2.45, 2.75) is 46.6 Å². The minimum atomic E-state index is -0.373. The van der Waals surface area contributed by atoms with E-state index in [-0.39, 0.29) is 18.0 Å².